The minimum Gasteiger partial charge on any atom is -0.507 e. The predicted molar refractivity (Wildman–Crippen MR) is 90.7 cm³/mol. The van der Waals surface area contributed by atoms with Crippen molar-refractivity contribution in [1.82, 2.24) is 15.2 Å². The number of hydrogen-bond donors (Lipinski definition) is 2. The summed E-state index contributed by atoms with van der Waals surface area (Å²) in [5.74, 6) is 1.56. The number of halogens is 1. The molecule has 1 aliphatic carbocycles. The Morgan fingerprint density at radius 1 is 1.17 bits per heavy atom. The second kappa shape index (κ2) is 5.66. The fourth-order valence-corrected chi connectivity index (χ4v) is 2.76. The molecule has 0 amide bonds. The van der Waals surface area contributed by atoms with Crippen LogP contribution in [0.1, 0.15) is 12.8 Å². The number of benzene rings is 1. The molecule has 0 atom stereocenters. The quantitative estimate of drug-likeness (QED) is 0.761. The largest absolute Gasteiger partial charge is 0.507 e. The summed E-state index contributed by atoms with van der Waals surface area (Å²) in [5.41, 5.74) is 1.22. The number of phenols is 1. The van der Waals surface area contributed by atoms with Gasteiger partial charge in [-0.05, 0) is 43.0 Å². The van der Waals surface area contributed by atoms with E-state index in [0.29, 0.717) is 16.3 Å². The monoisotopic (exact) mass is 326 g/mol. The molecule has 116 valence electrons. The van der Waals surface area contributed by atoms with Crippen LogP contribution >= 0.6 is 11.6 Å². The number of anilines is 1. The van der Waals surface area contributed by atoms with Crippen LogP contribution in [0.5, 0.6) is 5.75 Å². The van der Waals surface area contributed by atoms with Crippen molar-refractivity contribution in [2.45, 2.75) is 12.8 Å². The van der Waals surface area contributed by atoms with Gasteiger partial charge in [0.25, 0.3) is 0 Å². The van der Waals surface area contributed by atoms with Crippen LogP contribution in [0.2, 0.25) is 5.02 Å². The first-order chi connectivity index (χ1) is 11.2. The predicted octanol–water partition coefficient (Wildman–Crippen LogP) is 3.87. The molecule has 0 radical (unpaired) electrons. The highest BCUT2D eigenvalue weighted by Crippen LogP contribution is 2.36. The number of rotatable bonds is 4. The standard InChI is InChI=1S/C17H15ClN4O/c18-11-3-4-13(15(23)7-11)16-12-5-6-19-9-14(12)17(22-21-16)20-8-10-1-2-10/h3-7,9-10,23H,1-2,8H2,(H,20,22). The summed E-state index contributed by atoms with van der Waals surface area (Å²) in [4.78, 5) is 4.20. The number of pyridine rings is 1. The minimum absolute atomic E-state index is 0.0867. The maximum absolute atomic E-state index is 10.2. The number of hydrogen-bond acceptors (Lipinski definition) is 5. The molecule has 0 saturated heterocycles. The van der Waals surface area contributed by atoms with Gasteiger partial charge in [-0.25, -0.2) is 0 Å². The SMILES string of the molecule is Oc1cc(Cl)ccc1-c1nnc(NCC2CC2)c2cnccc12. The Hall–Kier alpha value is -2.40. The fourth-order valence-electron chi connectivity index (χ4n) is 2.59. The van der Waals surface area contributed by atoms with Crippen molar-refractivity contribution in [3.05, 3.63) is 41.7 Å². The first-order valence-electron chi connectivity index (χ1n) is 7.55. The van der Waals surface area contributed by atoms with E-state index in [2.05, 4.69) is 20.5 Å². The molecule has 0 aliphatic heterocycles. The summed E-state index contributed by atoms with van der Waals surface area (Å²) >= 11 is 5.91. The lowest BCUT2D eigenvalue weighted by atomic mass is 10.1. The fraction of sp³-hybridized carbons (Fsp3) is 0.235. The maximum atomic E-state index is 10.2. The summed E-state index contributed by atoms with van der Waals surface area (Å²) < 4.78 is 0. The lowest BCUT2D eigenvalue weighted by molar-refractivity contribution is 0.477. The summed E-state index contributed by atoms with van der Waals surface area (Å²) in [6.45, 7) is 0.907. The van der Waals surface area contributed by atoms with Crippen molar-refractivity contribution in [1.29, 1.82) is 0 Å². The molecule has 0 unspecified atom stereocenters. The molecule has 23 heavy (non-hydrogen) atoms. The van der Waals surface area contributed by atoms with Gasteiger partial charge in [-0.15, -0.1) is 10.2 Å². The molecule has 0 bridgehead atoms. The molecule has 2 N–H and O–H groups in total. The zero-order valence-electron chi connectivity index (χ0n) is 12.3. The number of aromatic hydroxyl groups is 1. The van der Waals surface area contributed by atoms with Gasteiger partial charge in [-0.1, -0.05) is 11.6 Å². The van der Waals surface area contributed by atoms with Crippen LogP contribution in [0, 0.1) is 5.92 Å². The van der Waals surface area contributed by atoms with E-state index in [1.54, 1.807) is 24.5 Å². The number of nitrogens with zero attached hydrogens (tertiary/aromatic N) is 3. The molecule has 2 aromatic heterocycles. The van der Waals surface area contributed by atoms with Crippen molar-refractivity contribution >= 4 is 28.2 Å². The van der Waals surface area contributed by atoms with Gasteiger partial charge in [0.1, 0.15) is 11.4 Å². The summed E-state index contributed by atoms with van der Waals surface area (Å²) in [6.07, 6.45) is 6.03. The normalized spacial score (nSPS) is 14.1. The zero-order chi connectivity index (χ0) is 15.8. The Bertz CT molecular complexity index is 880. The Morgan fingerprint density at radius 2 is 2.04 bits per heavy atom. The molecule has 0 spiro atoms. The van der Waals surface area contributed by atoms with E-state index in [1.807, 2.05) is 6.07 Å². The minimum atomic E-state index is 0.0867. The van der Waals surface area contributed by atoms with Crippen LogP contribution < -0.4 is 5.32 Å². The van der Waals surface area contributed by atoms with Gasteiger partial charge in [-0.3, -0.25) is 4.98 Å². The van der Waals surface area contributed by atoms with E-state index >= 15 is 0 Å². The van der Waals surface area contributed by atoms with Gasteiger partial charge < -0.3 is 10.4 Å². The topological polar surface area (TPSA) is 70.9 Å². The first-order valence-corrected chi connectivity index (χ1v) is 7.93. The van der Waals surface area contributed by atoms with Crippen LogP contribution in [0.15, 0.2) is 36.7 Å². The number of fused-ring (bicyclic) bond motifs is 1. The Morgan fingerprint density at radius 3 is 2.83 bits per heavy atom. The third-order valence-electron chi connectivity index (χ3n) is 4.05. The average Bonchev–Trinajstić information content (AvgIpc) is 3.37. The second-order valence-electron chi connectivity index (χ2n) is 5.80. The number of nitrogens with one attached hydrogen (secondary N) is 1. The summed E-state index contributed by atoms with van der Waals surface area (Å²) in [7, 11) is 0. The molecule has 1 fully saturated rings. The van der Waals surface area contributed by atoms with E-state index in [0.717, 1.165) is 29.1 Å². The van der Waals surface area contributed by atoms with Gasteiger partial charge in [0.15, 0.2) is 5.82 Å². The average molecular weight is 327 g/mol. The lowest BCUT2D eigenvalue weighted by Gasteiger charge is -2.11. The molecule has 6 heteroatoms. The number of phenolic OH excluding ortho intramolecular Hbond substituents is 1. The molecular weight excluding hydrogens is 312 g/mol. The van der Waals surface area contributed by atoms with Crippen molar-refractivity contribution in [3.8, 4) is 17.0 Å². The van der Waals surface area contributed by atoms with Crippen LogP contribution in [-0.2, 0) is 0 Å². The summed E-state index contributed by atoms with van der Waals surface area (Å²) in [5, 5.41) is 24.4. The van der Waals surface area contributed by atoms with Gasteiger partial charge in [-0.2, -0.15) is 0 Å². The molecular formula is C17H15ClN4O. The maximum Gasteiger partial charge on any atom is 0.158 e. The summed E-state index contributed by atoms with van der Waals surface area (Å²) in [6, 6.07) is 6.87. The third-order valence-corrected chi connectivity index (χ3v) is 4.29. The Kier molecular flexibility index (Phi) is 3.50. The highest BCUT2D eigenvalue weighted by Gasteiger charge is 2.22. The molecule has 1 aromatic carbocycles. The van der Waals surface area contributed by atoms with Crippen molar-refractivity contribution < 1.29 is 5.11 Å². The van der Waals surface area contributed by atoms with Crippen molar-refractivity contribution in [3.63, 3.8) is 0 Å². The second-order valence-corrected chi connectivity index (χ2v) is 6.24. The smallest absolute Gasteiger partial charge is 0.158 e. The molecule has 2 heterocycles. The van der Waals surface area contributed by atoms with Crippen LogP contribution in [0.3, 0.4) is 0 Å². The molecule has 3 aromatic rings. The van der Waals surface area contributed by atoms with Crippen molar-refractivity contribution in [2.24, 2.45) is 5.92 Å². The third kappa shape index (κ3) is 2.80. The first kappa shape index (κ1) is 14.2. The van der Waals surface area contributed by atoms with Gasteiger partial charge in [0, 0.05) is 40.3 Å². The van der Waals surface area contributed by atoms with E-state index in [1.165, 1.54) is 18.9 Å². The van der Waals surface area contributed by atoms with Crippen LogP contribution in [0.4, 0.5) is 5.82 Å². The molecule has 4 rings (SSSR count). The molecule has 5 nitrogen and oxygen atoms in total. The van der Waals surface area contributed by atoms with Gasteiger partial charge in [0.05, 0.1) is 0 Å². The highest BCUT2D eigenvalue weighted by atomic mass is 35.5. The lowest BCUT2D eigenvalue weighted by Crippen LogP contribution is -2.07. The van der Waals surface area contributed by atoms with Gasteiger partial charge >= 0.3 is 0 Å². The zero-order valence-corrected chi connectivity index (χ0v) is 13.1. The van der Waals surface area contributed by atoms with E-state index < -0.39 is 0 Å². The van der Waals surface area contributed by atoms with Gasteiger partial charge in [0.2, 0.25) is 0 Å². The van der Waals surface area contributed by atoms with E-state index in [-0.39, 0.29) is 5.75 Å². The Labute approximate surface area is 138 Å². The van der Waals surface area contributed by atoms with E-state index in [4.69, 9.17) is 11.6 Å². The van der Waals surface area contributed by atoms with E-state index in [9.17, 15) is 5.11 Å². The molecule has 1 saturated carbocycles. The van der Waals surface area contributed by atoms with Crippen LogP contribution in [0.25, 0.3) is 22.0 Å². The number of aromatic nitrogens is 3. The molecule has 1 aliphatic rings. The Balaban J connectivity index is 1.82. The van der Waals surface area contributed by atoms with Crippen molar-refractivity contribution in [2.75, 3.05) is 11.9 Å². The highest BCUT2D eigenvalue weighted by molar-refractivity contribution is 6.30. The van der Waals surface area contributed by atoms with Crippen LogP contribution in [-0.4, -0.2) is 26.8 Å².